The third-order valence-electron chi connectivity index (χ3n) is 4.11. The topological polar surface area (TPSA) is 78.7 Å². The second-order valence-electron chi connectivity index (χ2n) is 6.30. The number of nitrogens with zero attached hydrogens (tertiary/aromatic N) is 3. The summed E-state index contributed by atoms with van der Waals surface area (Å²) in [4.78, 5) is 20.5. The summed E-state index contributed by atoms with van der Waals surface area (Å²) in [6.07, 6.45) is 0.954. The SMILES string of the molecule is CCCSc1nc(Nc2ccc(C(C)=O)cc2)c(C#N)c(-c2ccc(F)cc2)n1. The summed E-state index contributed by atoms with van der Waals surface area (Å²) in [6, 6.07) is 15.0. The first-order chi connectivity index (χ1) is 14.0. The number of nitrogens with one attached hydrogen (secondary N) is 1. The van der Waals surface area contributed by atoms with Gasteiger partial charge in [-0.25, -0.2) is 14.4 Å². The van der Waals surface area contributed by atoms with Crippen LogP contribution in [0, 0.1) is 17.1 Å². The van der Waals surface area contributed by atoms with Gasteiger partial charge in [0.05, 0.1) is 5.69 Å². The van der Waals surface area contributed by atoms with Gasteiger partial charge in [0.25, 0.3) is 0 Å². The van der Waals surface area contributed by atoms with Gasteiger partial charge in [-0.3, -0.25) is 4.79 Å². The Hall–Kier alpha value is -3.24. The first-order valence-electron chi connectivity index (χ1n) is 9.10. The van der Waals surface area contributed by atoms with E-state index in [2.05, 4.69) is 28.3 Å². The Morgan fingerprint density at radius 1 is 1.14 bits per heavy atom. The Morgan fingerprint density at radius 2 is 1.83 bits per heavy atom. The summed E-state index contributed by atoms with van der Waals surface area (Å²) < 4.78 is 13.3. The Morgan fingerprint density at radius 3 is 2.41 bits per heavy atom. The van der Waals surface area contributed by atoms with E-state index in [1.807, 2.05) is 0 Å². The molecule has 1 aromatic heterocycles. The molecule has 0 radical (unpaired) electrons. The van der Waals surface area contributed by atoms with Gasteiger partial charge in [-0.2, -0.15) is 5.26 Å². The zero-order valence-electron chi connectivity index (χ0n) is 16.1. The molecule has 146 valence electrons. The minimum Gasteiger partial charge on any atom is -0.339 e. The Bertz CT molecular complexity index is 1060. The van der Waals surface area contributed by atoms with E-state index in [0.29, 0.717) is 33.5 Å². The lowest BCUT2D eigenvalue weighted by atomic mass is 10.1. The van der Waals surface area contributed by atoms with Crippen molar-refractivity contribution in [2.75, 3.05) is 11.1 Å². The quantitative estimate of drug-likeness (QED) is 0.312. The van der Waals surface area contributed by atoms with Crippen LogP contribution in [0.2, 0.25) is 0 Å². The number of aromatic nitrogens is 2. The number of Topliss-reactive ketones (excluding diaryl/α,β-unsaturated/α-hetero) is 1. The van der Waals surface area contributed by atoms with E-state index in [-0.39, 0.29) is 17.2 Å². The van der Waals surface area contributed by atoms with E-state index in [0.717, 1.165) is 12.2 Å². The van der Waals surface area contributed by atoms with Crippen LogP contribution in [0.15, 0.2) is 53.7 Å². The lowest BCUT2D eigenvalue weighted by molar-refractivity contribution is 0.101. The minimum absolute atomic E-state index is 0.0202. The van der Waals surface area contributed by atoms with Gasteiger partial charge in [0.15, 0.2) is 16.8 Å². The van der Waals surface area contributed by atoms with Crippen LogP contribution in [-0.4, -0.2) is 21.5 Å². The lowest BCUT2D eigenvalue weighted by Gasteiger charge is -2.13. The normalized spacial score (nSPS) is 10.4. The molecule has 7 heteroatoms. The Labute approximate surface area is 173 Å². The van der Waals surface area contributed by atoms with Gasteiger partial charge < -0.3 is 5.32 Å². The molecule has 2 aromatic carbocycles. The summed E-state index contributed by atoms with van der Waals surface area (Å²) in [5.74, 6) is 0.830. The maximum atomic E-state index is 13.3. The van der Waals surface area contributed by atoms with E-state index < -0.39 is 0 Å². The van der Waals surface area contributed by atoms with Crippen molar-refractivity contribution in [1.82, 2.24) is 9.97 Å². The first-order valence-corrected chi connectivity index (χ1v) is 10.1. The molecule has 29 heavy (non-hydrogen) atoms. The van der Waals surface area contributed by atoms with E-state index in [4.69, 9.17) is 0 Å². The number of hydrogen-bond donors (Lipinski definition) is 1. The van der Waals surface area contributed by atoms with Crippen molar-refractivity contribution < 1.29 is 9.18 Å². The predicted molar refractivity (Wildman–Crippen MR) is 113 cm³/mol. The van der Waals surface area contributed by atoms with Gasteiger partial charge in [0.1, 0.15) is 17.4 Å². The van der Waals surface area contributed by atoms with Crippen molar-refractivity contribution in [2.24, 2.45) is 0 Å². The van der Waals surface area contributed by atoms with Crippen molar-refractivity contribution >= 4 is 29.1 Å². The molecule has 0 fully saturated rings. The molecule has 0 aliphatic heterocycles. The van der Waals surface area contributed by atoms with Crippen LogP contribution in [0.25, 0.3) is 11.3 Å². The van der Waals surface area contributed by atoms with Gasteiger partial charge in [0.2, 0.25) is 0 Å². The van der Waals surface area contributed by atoms with Crippen LogP contribution in [-0.2, 0) is 0 Å². The number of carbonyl (C=O) groups excluding carboxylic acids is 1. The van der Waals surface area contributed by atoms with Crippen molar-refractivity contribution in [1.29, 1.82) is 5.26 Å². The number of ketones is 1. The highest BCUT2D eigenvalue weighted by Gasteiger charge is 2.17. The maximum Gasteiger partial charge on any atom is 0.190 e. The molecule has 1 N–H and O–H groups in total. The predicted octanol–water partition coefficient (Wildman–Crippen LogP) is 5.60. The van der Waals surface area contributed by atoms with Crippen LogP contribution < -0.4 is 5.32 Å². The van der Waals surface area contributed by atoms with Gasteiger partial charge in [0, 0.05) is 22.6 Å². The molecular weight excluding hydrogens is 387 g/mol. The van der Waals surface area contributed by atoms with Gasteiger partial charge >= 0.3 is 0 Å². The minimum atomic E-state index is -0.356. The molecule has 0 atom stereocenters. The molecule has 0 saturated carbocycles. The molecule has 3 rings (SSSR count). The smallest absolute Gasteiger partial charge is 0.190 e. The maximum absolute atomic E-state index is 13.3. The standard InChI is InChI=1S/C22H19FN4OS/c1-3-12-29-22-26-20(16-4-8-17(23)9-5-16)19(13-24)21(27-22)25-18-10-6-15(7-11-18)14(2)28/h4-11H,3,12H2,1-2H3,(H,25,26,27). The van der Waals surface area contributed by atoms with Crippen LogP contribution in [0.3, 0.4) is 0 Å². The first kappa shape index (κ1) is 20.5. The molecule has 0 spiro atoms. The van der Waals surface area contributed by atoms with E-state index in [9.17, 15) is 14.4 Å². The molecule has 0 aliphatic rings. The fraction of sp³-hybridized carbons (Fsp3) is 0.182. The second-order valence-corrected chi connectivity index (χ2v) is 7.37. The average Bonchev–Trinajstić information content (AvgIpc) is 2.73. The van der Waals surface area contributed by atoms with E-state index >= 15 is 0 Å². The largest absolute Gasteiger partial charge is 0.339 e. The molecule has 3 aromatic rings. The van der Waals surface area contributed by atoms with Crippen LogP contribution >= 0.6 is 11.8 Å². The number of carbonyl (C=O) groups is 1. The highest BCUT2D eigenvalue weighted by Crippen LogP contribution is 2.31. The Balaban J connectivity index is 2.06. The average molecular weight is 406 g/mol. The number of benzene rings is 2. The monoisotopic (exact) mass is 406 g/mol. The van der Waals surface area contributed by atoms with Crippen LogP contribution in [0.4, 0.5) is 15.9 Å². The van der Waals surface area contributed by atoms with E-state index in [1.165, 1.54) is 30.8 Å². The number of hydrogen-bond acceptors (Lipinski definition) is 6. The zero-order valence-corrected chi connectivity index (χ0v) is 16.9. The molecule has 0 saturated heterocycles. The van der Waals surface area contributed by atoms with Crippen LogP contribution in [0.1, 0.15) is 36.2 Å². The van der Waals surface area contributed by atoms with Crippen molar-refractivity contribution in [3.63, 3.8) is 0 Å². The van der Waals surface area contributed by atoms with Crippen molar-refractivity contribution in [3.05, 3.63) is 65.5 Å². The molecular formula is C22H19FN4OS. The summed E-state index contributed by atoms with van der Waals surface area (Å²) in [5.41, 5.74) is 2.65. The Kier molecular flexibility index (Phi) is 6.57. The third kappa shape index (κ3) is 4.98. The number of halogens is 1. The number of anilines is 2. The number of nitriles is 1. The van der Waals surface area contributed by atoms with Crippen molar-refractivity contribution in [2.45, 2.75) is 25.4 Å². The highest BCUT2D eigenvalue weighted by molar-refractivity contribution is 7.99. The summed E-state index contributed by atoms with van der Waals surface area (Å²) in [5, 5.41) is 13.5. The fourth-order valence-corrected chi connectivity index (χ4v) is 3.33. The number of rotatable bonds is 7. The summed E-state index contributed by atoms with van der Waals surface area (Å²) >= 11 is 1.49. The summed E-state index contributed by atoms with van der Waals surface area (Å²) in [6.45, 7) is 3.57. The molecule has 1 heterocycles. The van der Waals surface area contributed by atoms with Gasteiger partial charge in [-0.05, 0) is 61.9 Å². The fourth-order valence-electron chi connectivity index (χ4n) is 2.64. The number of thioether (sulfide) groups is 1. The second kappa shape index (κ2) is 9.30. The zero-order chi connectivity index (χ0) is 20.8. The molecule has 0 amide bonds. The molecule has 5 nitrogen and oxygen atoms in total. The lowest BCUT2D eigenvalue weighted by Crippen LogP contribution is -2.04. The van der Waals surface area contributed by atoms with Gasteiger partial charge in [-0.1, -0.05) is 18.7 Å². The van der Waals surface area contributed by atoms with Crippen molar-refractivity contribution in [3.8, 4) is 17.3 Å². The van der Waals surface area contributed by atoms with Gasteiger partial charge in [-0.15, -0.1) is 0 Å². The highest BCUT2D eigenvalue weighted by atomic mass is 32.2. The summed E-state index contributed by atoms with van der Waals surface area (Å²) in [7, 11) is 0. The molecule has 0 aliphatic carbocycles. The molecule has 0 unspecified atom stereocenters. The van der Waals surface area contributed by atoms with Crippen LogP contribution in [0.5, 0.6) is 0 Å². The van der Waals surface area contributed by atoms with E-state index in [1.54, 1.807) is 36.4 Å². The third-order valence-corrected chi connectivity index (χ3v) is 5.16. The molecule has 0 bridgehead atoms.